The third-order valence-electron chi connectivity index (χ3n) is 12.4. The van der Waals surface area contributed by atoms with Gasteiger partial charge in [0.25, 0.3) is 11.8 Å². The van der Waals surface area contributed by atoms with Gasteiger partial charge in [0.2, 0.25) is 11.8 Å². The second kappa shape index (κ2) is 18.0. The van der Waals surface area contributed by atoms with Gasteiger partial charge in [-0.05, 0) is 89.0 Å². The molecule has 0 aliphatic carbocycles. The van der Waals surface area contributed by atoms with Crippen LogP contribution in [0.2, 0.25) is 0 Å². The Balaban J connectivity index is 0.748. The zero-order valence-corrected chi connectivity index (χ0v) is 35.2. The van der Waals surface area contributed by atoms with Gasteiger partial charge in [-0.15, -0.1) is 0 Å². The van der Waals surface area contributed by atoms with E-state index in [0.717, 1.165) is 130 Å². The number of amides is 4. The second-order valence-electron chi connectivity index (χ2n) is 16.8. The number of benzene rings is 2. The number of piperidine rings is 1. The van der Waals surface area contributed by atoms with Gasteiger partial charge in [-0.25, -0.2) is 9.97 Å². The smallest absolute Gasteiger partial charge is 0.262 e. The van der Waals surface area contributed by atoms with E-state index in [4.69, 9.17) is 4.74 Å². The van der Waals surface area contributed by atoms with Crippen molar-refractivity contribution in [3.63, 3.8) is 0 Å². The van der Waals surface area contributed by atoms with Gasteiger partial charge in [0.05, 0.1) is 28.4 Å². The summed E-state index contributed by atoms with van der Waals surface area (Å²) in [7, 11) is 0. The minimum Gasteiger partial charge on any atom is -0.491 e. The van der Waals surface area contributed by atoms with Crippen molar-refractivity contribution in [1.29, 1.82) is 0 Å². The Bertz CT molecular complexity index is 2200. The summed E-state index contributed by atoms with van der Waals surface area (Å²) < 4.78 is 5.93. The number of fused-ring (bicyclic) bond motifs is 2. The van der Waals surface area contributed by atoms with Gasteiger partial charge < -0.3 is 19.4 Å². The molecule has 6 heterocycles. The average molecular weight is 820 g/mol. The molecule has 0 spiro atoms. The Hall–Kier alpha value is -5.45. The highest BCUT2D eigenvalue weighted by Crippen LogP contribution is 2.32. The van der Waals surface area contributed by atoms with Crippen LogP contribution in [0, 0.1) is 5.92 Å². The number of carbonyl (C=O) groups excluding carboxylic acids is 4. The van der Waals surface area contributed by atoms with E-state index in [-0.39, 0.29) is 12.5 Å². The average Bonchev–Trinajstić information content (AvgIpc) is 3.80. The standard InChI is InChI=1S/C44H57N11O5/c1-5-40(56)47-42(57)30(4)55-43(58)34-8-6-32(24-35(34)44(55)59)53-20-18-52(19-21-53)27-31-10-12-50(13-11-31)14-15-51-16-22-54(23-17-51)39-26-38(45-28-46-39)41-36-25-33(60-29(2)3)7-9-37(36)48-49-41/h6-9,24-26,28-31H,5,10-23,27H2,1-4H3,(H,48,49)(H,47,56,57). The number of hydrogen-bond donors (Lipinski definition) is 2. The molecule has 3 saturated heterocycles. The van der Waals surface area contributed by atoms with Crippen LogP contribution in [-0.2, 0) is 9.59 Å². The number of nitrogens with zero attached hydrogens (tertiary/aromatic N) is 9. The Morgan fingerprint density at radius 2 is 1.48 bits per heavy atom. The molecule has 0 saturated carbocycles. The van der Waals surface area contributed by atoms with E-state index in [1.165, 1.54) is 19.8 Å². The summed E-state index contributed by atoms with van der Waals surface area (Å²) in [5.41, 5.74) is 4.04. The number of imide groups is 2. The topological polar surface area (TPSA) is 163 Å². The lowest BCUT2D eigenvalue weighted by Gasteiger charge is -2.40. The molecule has 16 nitrogen and oxygen atoms in total. The van der Waals surface area contributed by atoms with Crippen LogP contribution >= 0.6 is 0 Å². The van der Waals surface area contributed by atoms with Crippen LogP contribution in [0.5, 0.6) is 5.75 Å². The molecule has 0 bridgehead atoms. The lowest BCUT2D eigenvalue weighted by atomic mass is 9.96. The molecule has 16 heteroatoms. The first-order valence-electron chi connectivity index (χ1n) is 21.5. The maximum atomic E-state index is 13.3. The monoisotopic (exact) mass is 819 g/mol. The number of aromatic nitrogens is 4. The van der Waals surface area contributed by atoms with Crippen LogP contribution in [0.4, 0.5) is 11.5 Å². The fourth-order valence-corrected chi connectivity index (χ4v) is 8.86. The maximum absolute atomic E-state index is 13.3. The number of nitrogens with one attached hydrogen (secondary N) is 2. The predicted octanol–water partition coefficient (Wildman–Crippen LogP) is 3.50. The summed E-state index contributed by atoms with van der Waals surface area (Å²) in [6, 6.07) is 12.3. The molecule has 60 heavy (non-hydrogen) atoms. The number of carbonyl (C=O) groups is 4. The van der Waals surface area contributed by atoms with Crippen LogP contribution in [0.1, 0.15) is 67.7 Å². The highest BCUT2D eigenvalue weighted by atomic mass is 16.5. The van der Waals surface area contributed by atoms with Crippen molar-refractivity contribution in [2.75, 3.05) is 94.9 Å². The molecule has 4 aliphatic rings. The predicted molar refractivity (Wildman–Crippen MR) is 229 cm³/mol. The molecule has 4 aliphatic heterocycles. The van der Waals surface area contributed by atoms with Crippen LogP contribution in [0.3, 0.4) is 0 Å². The number of likely N-dealkylation sites (tertiary alicyclic amines) is 1. The molecule has 4 aromatic rings. The van der Waals surface area contributed by atoms with E-state index in [2.05, 4.69) is 50.0 Å². The van der Waals surface area contributed by atoms with Gasteiger partial charge in [0, 0.05) is 95.6 Å². The number of rotatable bonds is 13. The van der Waals surface area contributed by atoms with Crippen LogP contribution in [0.25, 0.3) is 22.3 Å². The summed E-state index contributed by atoms with van der Waals surface area (Å²) in [5.74, 6) is 0.310. The van der Waals surface area contributed by atoms with Crippen molar-refractivity contribution in [3.05, 3.63) is 59.9 Å². The van der Waals surface area contributed by atoms with Gasteiger partial charge in [-0.2, -0.15) is 5.10 Å². The van der Waals surface area contributed by atoms with E-state index < -0.39 is 29.7 Å². The quantitative estimate of drug-likeness (QED) is 0.189. The molecular formula is C44H57N11O5. The van der Waals surface area contributed by atoms with Crippen LogP contribution in [0.15, 0.2) is 48.8 Å². The van der Waals surface area contributed by atoms with Crippen LogP contribution in [-0.4, -0.2) is 161 Å². The van der Waals surface area contributed by atoms with E-state index in [1.54, 1.807) is 25.4 Å². The van der Waals surface area contributed by atoms with Gasteiger partial charge >= 0.3 is 0 Å². The Morgan fingerprint density at radius 1 is 0.800 bits per heavy atom. The first-order chi connectivity index (χ1) is 29.0. The molecule has 318 valence electrons. The summed E-state index contributed by atoms with van der Waals surface area (Å²) in [6.07, 6.45) is 4.29. The Labute approximate surface area is 351 Å². The molecule has 1 atom stereocenters. The molecule has 1 unspecified atom stereocenters. The van der Waals surface area contributed by atoms with Crippen molar-refractivity contribution in [2.24, 2.45) is 5.92 Å². The third kappa shape index (κ3) is 9.00. The zero-order chi connectivity index (χ0) is 41.9. The molecule has 2 aromatic heterocycles. The number of aromatic amines is 1. The number of ether oxygens (including phenoxy) is 1. The third-order valence-corrected chi connectivity index (χ3v) is 12.4. The Kier molecular flexibility index (Phi) is 12.4. The fraction of sp³-hybridized carbons (Fsp3) is 0.523. The fourth-order valence-electron chi connectivity index (χ4n) is 8.86. The molecule has 2 N–H and O–H groups in total. The number of piperazine rings is 2. The Morgan fingerprint density at radius 3 is 2.20 bits per heavy atom. The van der Waals surface area contributed by atoms with E-state index in [0.29, 0.717) is 17.0 Å². The van der Waals surface area contributed by atoms with Gasteiger partial charge in [0.15, 0.2) is 0 Å². The summed E-state index contributed by atoms with van der Waals surface area (Å²) in [4.78, 5) is 73.3. The minimum atomic E-state index is -1.09. The van der Waals surface area contributed by atoms with E-state index in [1.807, 2.05) is 44.2 Å². The van der Waals surface area contributed by atoms with Gasteiger partial charge in [-0.3, -0.25) is 44.3 Å². The summed E-state index contributed by atoms with van der Waals surface area (Å²) in [5, 5.41) is 11.0. The van der Waals surface area contributed by atoms with Gasteiger partial charge in [0.1, 0.15) is 29.6 Å². The van der Waals surface area contributed by atoms with E-state index in [9.17, 15) is 19.2 Å². The van der Waals surface area contributed by atoms with Crippen molar-refractivity contribution in [2.45, 2.75) is 59.1 Å². The van der Waals surface area contributed by atoms with E-state index >= 15 is 0 Å². The first kappa shape index (κ1) is 41.3. The van der Waals surface area contributed by atoms with Gasteiger partial charge in [-0.1, -0.05) is 6.92 Å². The lowest BCUT2D eigenvalue weighted by molar-refractivity contribution is -0.132. The minimum absolute atomic E-state index is 0.0903. The van der Waals surface area contributed by atoms with Crippen LogP contribution < -0.4 is 19.9 Å². The van der Waals surface area contributed by atoms with Crippen molar-refractivity contribution >= 4 is 46.0 Å². The normalized spacial score (nSPS) is 19.1. The second-order valence-corrected chi connectivity index (χ2v) is 16.8. The number of H-pyrrole nitrogens is 1. The summed E-state index contributed by atoms with van der Waals surface area (Å²) >= 11 is 0. The SMILES string of the molecule is CCC(=O)NC(=O)C(C)N1C(=O)c2ccc(N3CCN(CC4CCN(CCN5CCN(c6cc(-c7n[nH]c8ccc(OC(C)C)cc78)ncn6)CC5)CC4)CC3)cc2C1=O. The number of anilines is 2. The largest absolute Gasteiger partial charge is 0.491 e. The lowest BCUT2D eigenvalue weighted by Crippen LogP contribution is -2.50. The number of hydrogen-bond acceptors (Lipinski definition) is 13. The summed E-state index contributed by atoms with van der Waals surface area (Å²) in [6.45, 7) is 20.1. The first-order valence-corrected chi connectivity index (χ1v) is 21.5. The van der Waals surface area contributed by atoms with Crippen molar-refractivity contribution < 1.29 is 23.9 Å². The molecule has 8 rings (SSSR count). The molecule has 0 radical (unpaired) electrons. The molecule has 2 aromatic carbocycles. The highest BCUT2D eigenvalue weighted by molar-refractivity contribution is 6.23. The van der Waals surface area contributed by atoms with Crippen molar-refractivity contribution in [1.82, 2.24) is 45.1 Å². The molecule has 3 fully saturated rings. The zero-order valence-electron chi connectivity index (χ0n) is 35.2. The molecular weight excluding hydrogens is 763 g/mol. The maximum Gasteiger partial charge on any atom is 0.262 e. The van der Waals surface area contributed by atoms with Crippen molar-refractivity contribution in [3.8, 4) is 17.1 Å². The molecule has 4 amide bonds. The highest BCUT2D eigenvalue weighted by Gasteiger charge is 2.41.